The molecule has 2 rings (SSSR count). The van der Waals surface area contributed by atoms with Crippen LogP contribution in [0.1, 0.15) is 32.1 Å². The molecule has 0 amide bonds. The Kier molecular flexibility index (Phi) is 5.21. The van der Waals surface area contributed by atoms with Gasteiger partial charge in [-0.2, -0.15) is 0 Å². The Balaban J connectivity index is 1.68. The van der Waals surface area contributed by atoms with Gasteiger partial charge in [-0.15, -0.1) is 11.3 Å². The van der Waals surface area contributed by atoms with E-state index in [1.54, 1.807) is 11.3 Å². The maximum absolute atomic E-state index is 5.92. The fourth-order valence-electron chi connectivity index (χ4n) is 2.08. The van der Waals surface area contributed by atoms with Crippen LogP contribution < -0.4 is 5.32 Å². The zero-order chi connectivity index (χ0) is 13.9. The topological polar surface area (TPSA) is 24.4 Å². The summed E-state index contributed by atoms with van der Waals surface area (Å²) >= 11 is 9.47. The molecule has 0 aromatic carbocycles. The molecule has 2 heterocycles. The van der Waals surface area contributed by atoms with Crippen molar-refractivity contribution in [3.05, 3.63) is 21.3 Å². The van der Waals surface area contributed by atoms with Crippen LogP contribution in [-0.4, -0.2) is 23.5 Å². The summed E-state index contributed by atoms with van der Waals surface area (Å²) in [7, 11) is 0. The summed E-state index contributed by atoms with van der Waals surface area (Å²) in [5, 5.41) is 5.18. The van der Waals surface area contributed by atoms with Crippen molar-refractivity contribution in [1.29, 1.82) is 0 Å². The van der Waals surface area contributed by atoms with E-state index < -0.39 is 0 Å². The molecule has 1 unspecified atom stereocenters. The number of aliphatic imine (C=N–C) groups is 1. The second-order valence-electron chi connectivity index (χ2n) is 6.03. The van der Waals surface area contributed by atoms with Crippen molar-refractivity contribution in [2.45, 2.75) is 38.9 Å². The molecule has 1 aliphatic heterocycles. The van der Waals surface area contributed by atoms with E-state index in [2.05, 4.69) is 37.1 Å². The molecule has 0 radical (unpaired) electrons. The highest BCUT2D eigenvalue weighted by Gasteiger charge is 2.24. The molecule has 0 bridgehead atoms. The van der Waals surface area contributed by atoms with E-state index in [9.17, 15) is 0 Å². The summed E-state index contributed by atoms with van der Waals surface area (Å²) in [6.45, 7) is 8.76. The Morgan fingerprint density at radius 3 is 2.84 bits per heavy atom. The fourth-order valence-corrected chi connectivity index (χ4v) is 4.55. The van der Waals surface area contributed by atoms with Gasteiger partial charge >= 0.3 is 0 Å². The number of halogens is 1. The van der Waals surface area contributed by atoms with Gasteiger partial charge in [-0.1, -0.05) is 44.1 Å². The Morgan fingerprint density at radius 1 is 1.42 bits per heavy atom. The molecule has 1 aliphatic rings. The van der Waals surface area contributed by atoms with E-state index >= 15 is 0 Å². The van der Waals surface area contributed by atoms with Gasteiger partial charge in [0.15, 0.2) is 5.17 Å². The molecule has 1 aromatic heterocycles. The van der Waals surface area contributed by atoms with Crippen LogP contribution in [0.2, 0.25) is 4.34 Å². The van der Waals surface area contributed by atoms with Crippen molar-refractivity contribution in [2.24, 2.45) is 10.4 Å². The number of amidine groups is 1. The Hall–Kier alpha value is -0.190. The van der Waals surface area contributed by atoms with Gasteiger partial charge in [-0.05, 0) is 30.4 Å². The zero-order valence-corrected chi connectivity index (χ0v) is 14.1. The highest BCUT2D eigenvalue weighted by molar-refractivity contribution is 8.14. The number of nitrogens with one attached hydrogen (secondary N) is 1. The van der Waals surface area contributed by atoms with Gasteiger partial charge < -0.3 is 5.32 Å². The van der Waals surface area contributed by atoms with Crippen molar-refractivity contribution in [3.63, 3.8) is 0 Å². The molecular weight excluding hydrogens is 296 g/mol. The highest BCUT2D eigenvalue weighted by Crippen LogP contribution is 2.31. The Labute approximate surface area is 129 Å². The Bertz CT molecular complexity index is 449. The van der Waals surface area contributed by atoms with E-state index in [0.29, 0.717) is 10.7 Å². The first kappa shape index (κ1) is 15.2. The lowest BCUT2D eigenvalue weighted by Gasteiger charge is -2.21. The Morgan fingerprint density at radius 2 is 2.21 bits per heavy atom. The first-order valence-electron chi connectivity index (χ1n) is 6.61. The molecule has 1 atom stereocenters. The maximum Gasteiger partial charge on any atom is 0.156 e. The molecular formula is C14H21ClN2S2. The second-order valence-corrected chi connectivity index (χ2v) is 9.12. The van der Waals surface area contributed by atoms with Crippen LogP contribution in [0.25, 0.3) is 0 Å². The molecule has 19 heavy (non-hydrogen) atoms. The van der Waals surface area contributed by atoms with Crippen LogP contribution >= 0.6 is 34.7 Å². The number of rotatable bonds is 4. The van der Waals surface area contributed by atoms with Crippen LogP contribution in [0.4, 0.5) is 0 Å². The van der Waals surface area contributed by atoms with Crippen molar-refractivity contribution >= 4 is 39.9 Å². The third-order valence-corrected chi connectivity index (χ3v) is 5.27. The lowest BCUT2D eigenvalue weighted by Crippen LogP contribution is -2.22. The lowest BCUT2D eigenvalue weighted by atomic mass is 9.90. The van der Waals surface area contributed by atoms with Gasteiger partial charge in [0, 0.05) is 16.7 Å². The molecule has 1 aromatic rings. The minimum Gasteiger partial charge on any atom is -0.365 e. The predicted molar refractivity (Wildman–Crippen MR) is 88.8 cm³/mol. The van der Waals surface area contributed by atoms with Crippen LogP contribution in [0.5, 0.6) is 0 Å². The van der Waals surface area contributed by atoms with Crippen molar-refractivity contribution in [2.75, 3.05) is 13.1 Å². The molecule has 1 N–H and O–H groups in total. The van der Waals surface area contributed by atoms with Gasteiger partial charge in [0.25, 0.3) is 0 Å². The predicted octanol–water partition coefficient (Wildman–Crippen LogP) is 4.44. The zero-order valence-electron chi connectivity index (χ0n) is 11.7. The highest BCUT2D eigenvalue weighted by atomic mass is 35.5. The van der Waals surface area contributed by atoms with E-state index in [4.69, 9.17) is 11.6 Å². The summed E-state index contributed by atoms with van der Waals surface area (Å²) < 4.78 is 0.868. The van der Waals surface area contributed by atoms with Crippen molar-refractivity contribution in [3.8, 4) is 0 Å². The van der Waals surface area contributed by atoms with Gasteiger partial charge in [0.05, 0.1) is 10.9 Å². The summed E-state index contributed by atoms with van der Waals surface area (Å²) in [5.74, 6) is 0. The van der Waals surface area contributed by atoms with Crippen LogP contribution in [0.3, 0.4) is 0 Å². The average Bonchev–Trinajstić information content (AvgIpc) is 2.86. The molecule has 0 saturated carbocycles. The summed E-state index contributed by atoms with van der Waals surface area (Å²) in [6.07, 6.45) is 2.23. The smallest absolute Gasteiger partial charge is 0.156 e. The molecule has 5 heteroatoms. The molecule has 106 valence electrons. The van der Waals surface area contributed by atoms with Gasteiger partial charge in [0.2, 0.25) is 0 Å². The van der Waals surface area contributed by atoms with E-state index in [1.807, 2.05) is 17.8 Å². The number of hydrogen-bond acceptors (Lipinski definition) is 4. The van der Waals surface area contributed by atoms with E-state index in [-0.39, 0.29) is 0 Å². The van der Waals surface area contributed by atoms with Gasteiger partial charge in [-0.25, -0.2) is 0 Å². The molecule has 2 nitrogen and oxygen atoms in total. The number of thioether (sulfide) groups is 1. The quantitative estimate of drug-likeness (QED) is 0.888. The standard InChI is InChI=1S/C14H21ClN2S2/c1-14(2,3)8-11-9-17-13(19-11)16-7-6-10-4-5-12(15)18-10/h4-5,11H,6-9H2,1-3H3,(H,16,17). The largest absolute Gasteiger partial charge is 0.365 e. The number of nitrogens with zero attached hydrogens (tertiary/aromatic N) is 1. The van der Waals surface area contributed by atoms with Crippen molar-refractivity contribution < 1.29 is 0 Å². The first-order valence-corrected chi connectivity index (χ1v) is 8.69. The van der Waals surface area contributed by atoms with Gasteiger partial charge in [-0.3, -0.25) is 4.99 Å². The van der Waals surface area contributed by atoms with Crippen LogP contribution in [0.15, 0.2) is 17.1 Å². The normalized spacial score (nSPS) is 19.6. The van der Waals surface area contributed by atoms with Crippen molar-refractivity contribution in [1.82, 2.24) is 5.32 Å². The third-order valence-electron chi connectivity index (χ3n) is 2.83. The first-order chi connectivity index (χ1) is 8.92. The second kappa shape index (κ2) is 6.51. The fraction of sp³-hybridized carbons (Fsp3) is 0.643. The minimum absolute atomic E-state index is 0.385. The molecule has 0 spiro atoms. The summed E-state index contributed by atoms with van der Waals surface area (Å²) in [6, 6.07) is 4.06. The summed E-state index contributed by atoms with van der Waals surface area (Å²) in [4.78, 5) is 5.91. The maximum atomic E-state index is 5.92. The molecule has 0 fully saturated rings. The molecule has 0 saturated heterocycles. The monoisotopic (exact) mass is 316 g/mol. The van der Waals surface area contributed by atoms with Crippen LogP contribution in [-0.2, 0) is 6.42 Å². The molecule has 0 aliphatic carbocycles. The van der Waals surface area contributed by atoms with E-state index in [1.165, 1.54) is 11.3 Å². The SMILES string of the molecule is CC(C)(C)CC1CN=C(NCCc2ccc(Cl)s2)S1. The van der Waals surface area contributed by atoms with Crippen LogP contribution in [0, 0.1) is 5.41 Å². The average molecular weight is 317 g/mol. The van der Waals surface area contributed by atoms with Gasteiger partial charge in [0.1, 0.15) is 0 Å². The number of hydrogen-bond donors (Lipinski definition) is 1. The summed E-state index contributed by atoms with van der Waals surface area (Å²) in [5.41, 5.74) is 0.385. The van der Waals surface area contributed by atoms with E-state index in [0.717, 1.165) is 29.0 Å². The minimum atomic E-state index is 0.385. The third kappa shape index (κ3) is 5.36. The number of thiophene rings is 1. The lowest BCUT2D eigenvalue weighted by molar-refractivity contribution is 0.375.